The van der Waals surface area contributed by atoms with Gasteiger partial charge in [-0.2, -0.15) is 5.10 Å². The van der Waals surface area contributed by atoms with Crippen molar-refractivity contribution in [2.24, 2.45) is 16.0 Å². The Hall–Kier alpha value is -2.28. The zero-order valence-electron chi connectivity index (χ0n) is 16.8. The molecular weight excluding hydrogens is 372 g/mol. The van der Waals surface area contributed by atoms with E-state index in [1.807, 2.05) is 4.68 Å². The summed E-state index contributed by atoms with van der Waals surface area (Å²) in [6, 6.07) is 7.02. The Balaban J connectivity index is 2.04. The molecule has 0 amide bonds. The highest BCUT2D eigenvalue weighted by atomic mass is 32.1. The number of aromatic nitrogens is 1. The molecule has 0 spiro atoms. The summed E-state index contributed by atoms with van der Waals surface area (Å²) in [4.78, 5) is 16.5. The van der Waals surface area contributed by atoms with Crippen molar-refractivity contribution in [3.63, 3.8) is 0 Å². The lowest BCUT2D eigenvalue weighted by atomic mass is 9.96. The van der Waals surface area contributed by atoms with Crippen LogP contribution in [0.15, 0.2) is 39.7 Å². The molecule has 1 fully saturated rings. The minimum atomic E-state index is -0.375. The highest BCUT2D eigenvalue weighted by Crippen LogP contribution is 2.24. The number of non-ortho nitro benzene ring substituents is 1. The molecule has 7 heteroatoms. The highest BCUT2D eigenvalue weighted by molar-refractivity contribution is 7.07. The van der Waals surface area contributed by atoms with Crippen LogP contribution in [0.3, 0.4) is 0 Å². The second-order valence-electron chi connectivity index (χ2n) is 7.87. The first kappa shape index (κ1) is 20.5. The summed E-state index contributed by atoms with van der Waals surface area (Å²) in [6.07, 6.45) is 6.98. The summed E-state index contributed by atoms with van der Waals surface area (Å²) in [5, 5.41) is 17.9. The van der Waals surface area contributed by atoms with Crippen molar-refractivity contribution in [1.29, 1.82) is 0 Å². The molecule has 0 N–H and O–H groups in total. The number of benzene rings is 1. The summed E-state index contributed by atoms with van der Waals surface area (Å²) in [5.74, 6) is 0.532. The zero-order valence-corrected chi connectivity index (χ0v) is 17.6. The smallest absolute Gasteiger partial charge is 0.258 e. The third-order valence-corrected chi connectivity index (χ3v) is 5.73. The Morgan fingerprint density at radius 1 is 1.25 bits per heavy atom. The van der Waals surface area contributed by atoms with Crippen LogP contribution >= 0.6 is 11.3 Å². The van der Waals surface area contributed by atoms with E-state index in [0.717, 1.165) is 41.0 Å². The van der Waals surface area contributed by atoms with Crippen LogP contribution in [0.1, 0.15) is 59.3 Å². The molecule has 0 saturated heterocycles. The molecule has 3 rings (SSSR count). The molecule has 150 valence electrons. The molecule has 28 heavy (non-hydrogen) atoms. The van der Waals surface area contributed by atoms with Crippen molar-refractivity contribution in [2.45, 2.75) is 65.3 Å². The Bertz CT molecular complexity index is 903. The maximum absolute atomic E-state index is 11.0. The van der Waals surface area contributed by atoms with Gasteiger partial charge in [-0.25, -0.2) is 4.68 Å². The minimum absolute atomic E-state index is 0.0946. The van der Waals surface area contributed by atoms with Crippen molar-refractivity contribution in [3.05, 3.63) is 44.6 Å². The third kappa shape index (κ3) is 5.16. The van der Waals surface area contributed by atoms with E-state index in [1.165, 1.54) is 19.3 Å². The SMILES string of the molecule is CC(CC(C)C)=Nn1c(-c2ccc([N+](=O)[O-])cc2)csc1=NC1CCCCC1. The fraction of sp³-hybridized carbons (Fsp3) is 0.524. The molecule has 1 aliphatic carbocycles. The van der Waals surface area contributed by atoms with Crippen molar-refractivity contribution in [2.75, 3.05) is 0 Å². The van der Waals surface area contributed by atoms with Gasteiger partial charge in [-0.05, 0) is 44.2 Å². The van der Waals surface area contributed by atoms with E-state index in [1.54, 1.807) is 35.6 Å². The number of nitrogens with zero attached hydrogens (tertiary/aromatic N) is 4. The minimum Gasteiger partial charge on any atom is -0.258 e. The van der Waals surface area contributed by atoms with Gasteiger partial charge >= 0.3 is 0 Å². The molecule has 2 aromatic rings. The van der Waals surface area contributed by atoms with Gasteiger partial charge in [0.2, 0.25) is 4.80 Å². The van der Waals surface area contributed by atoms with Gasteiger partial charge in [0.15, 0.2) is 0 Å². The molecule has 1 aliphatic rings. The van der Waals surface area contributed by atoms with Gasteiger partial charge in [0, 0.05) is 28.8 Å². The fourth-order valence-electron chi connectivity index (χ4n) is 3.61. The van der Waals surface area contributed by atoms with Gasteiger partial charge in [0.05, 0.1) is 16.7 Å². The average Bonchev–Trinajstić information content (AvgIpc) is 3.04. The standard InChI is InChI=1S/C21H28N4O2S/c1-15(2)13-16(3)23-24-20(17-9-11-19(12-10-17)25(26)27)14-28-21(24)22-18-7-5-4-6-8-18/h9-12,14-15,18H,4-8,13H2,1-3H3. The van der Waals surface area contributed by atoms with Crippen molar-refractivity contribution in [1.82, 2.24) is 4.68 Å². The highest BCUT2D eigenvalue weighted by Gasteiger charge is 2.15. The molecular formula is C21H28N4O2S. The first-order chi connectivity index (χ1) is 13.4. The molecule has 1 heterocycles. The Morgan fingerprint density at radius 3 is 2.54 bits per heavy atom. The first-order valence-electron chi connectivity index (χ1n) is 9.97. The Morgan fingerprint density at radius 2 is 1.93 bits per heavy atom. The van der Waals surface area contributed by atoms with E-state index >= 15 is 0 Å². The summed E-state index contributed by atoms with van der Waals surface area (Å²) in [6.45, 7) is 6.42. The summed E-state index contributed by atoms with van der Waals surface area (Å²) >= 11 is 1.59. The van der Waals surface area contributed by atoms with E-state index in [0.29, 0.717) is 12.0 Å². The molecule has 0 radical (unpaired) electrons. The normalized spacial score (nSPS) is 16.7. The number of hydrogen-bond acceptors (Lipinski definition) is 5. The molecule has 1 saturated carbocycles. The molecule has 1 aromatic heterocycles. The largest absolute Gasteiger partial charge is 0.269 e. The maximum atomic E-state index is 11.0. The predicted molar refractivity (Wildman–Crippen MR) is 115 cm³/mol. The van der Waals surface area contributed by atoms with Crippen LogP contribution in [-0.2, 0) is 0 Å². The van der Waals surface area contributed by atoms with Gasteiger partial charge in [-0.15, -0.1) is 11.3 Å². The van der Waals surface area contributed by atoms with Gasteiger partial charge in [-0.3, -0.25) is 15.1 Å². The second-order valence-corrected chi connectivity index (χ2v) is 8.71. The molecule has 0 unspecified atom stereocenters. The molecule has 6 nitrogen and oxygen atoms in total. The summed E-state index contributed by atoms with van der Waals surface area (Å²) < 4.78 is 1.93. The maximum Gasteiger partial charge on any atom is 0.269 e. The molecule has 1 aromatic carbocycles. The topological polar surface area (TPSA) is 72.8 Å². The van der Waals surface area contributed by atoms with Crippen LogP contribution < -0.4 is 4.80 Å². The quantitative estimate of drug-likeness (QED) is 0.358. The van der Waals surface area contributed by atoms with Crippen LogP contribution in [0.2, 0.25) is 0 Å². The Kier molecular flexibility index (Phi) is 6.78. The van der Waals surface area contributed by atoms with Crippen LogP contribution in [0.5, 0.6) is 0 Å². The van der Waals surface area contributed by atoms with Gasteiger partial charge < -0.3 is 0 Å². The van der Waals surface area contributed by atoms with Crippen LogP contribution in [0.25, 0.3) is 11.3 Å². The van der Waals surface area contributed by atoms with Crippen LogP contribution in [0.4, 0.5) is 5.69 Å². The lowest BCUT2D eigenvalue weighted by Gasteiger charge is -2.17. The van der Waals surface area contributed by atoms with E-state index in [4.69, 9.17) is 10.1 Å². The first-order valence-corrected chi connectivity index (χ1v) is 10.9. The molecule has 0 atom stereocenters. The van der Waals surface area contributed by atoms with E-state index < -0.39 is 0 Å². The predicted octanol–water partition coefficient (Wildman–Crippen LogP) is 5.63. The molecule has 0 bridgehead atoms. The van der Waals surface area contributed by atoms with E-state index in [-0.39, 0.29) is 10.6 Å². The second kappa shape index (κ2) is 9.28. The van der Waals surface area contributed by atoms with Crippen molar-refractivity contribution >= 4 is 22.7 Å². The number of hydrogen-bond donors (Lipinski definition) is 0. The van der Waals surface area contributed by atoms with Crippen LogP contribution in [0, 0.1) is 16.0 Å². The molecule has 0 aliphatic heterocycles. The average molecular weight is 401 g/mol. The summed E-state index contributed by atoms with van der Waals surface area (Å²) in [7, 11) is 0. The van der Waals surface area contributed by atoms with Crippen LogP contribution in [-0.4, -0.2) is 21.4 Å². The van der Waals surface area contributed by atoms with E-state index in [9.17, 15) is 10.1 Å². The van der Waals surface area contributed by atoms with Gasteiger partial charge in [0.25, 0.3) is 5.69 Å². The third-order valence-electron chi connectivity index (χ3n) is 4.90. The number of nitro benzene ring substituents is 1. The number of nitro groups is 1. The zero-order chi connectivity index (χ0) is 20.1. The monoisotopic (exact) mass is 400 g/mol. The fourth-order valence-corrected chi connectivity index (χ4v) is 4.51. The van der Waals surface area contributed by atoms with Crippen molar-refractivity contribution < 1.29 is 4.92 Å². The lowest BCUT2D eigenvalue weighted by Crippen LogP contribution is -2.19. The number of thiazole rings is 1. The van der Waals surface area contributed by atoms with E-state index in [2.05, 4.69) is 26.2 Å². The van der Waals surface area contributed by atoms with Crippen molar-refractivity contribution in [3.8, 4) is 11.3 Å². The lowest BCUT2D eigenvalue weighted by molar-refractivity contribution is -0.384. The summed E-state index contributed by atoms with van der Waals surface area (Å²) in [5.41, 5.74) is 2.99. The van der Waals surface area contributed by atoms with Gasteiger partial charge in [-0.1, -0.05) is 33.1 Å². The van der Waals surface area contributed by atoms with Gasteiger partial charge in [0.1, 0.15) is 0 Å². The number of rotatable bonds is 6. The Labute approximate surface area is 169 Å².